The van der Waals surface area contributed by atoms with Crippen molar-refractivity contribution in [3.8, 4) is 11.5 Å². The summed E-state index contributed by atoms with van der Waals surface area (Å²) in [6.45, 7) is 1.93. The molecule has 4 heteroatoms. The fourth-order valence-electron chi connectivity index (χ4n) is 1.56. The number of rotatable bonds is 4. The SMILES string of the molecule is CCCC(C(N)=O)c1cc(O)ccc1O. The van der Waals surface area contributed by atoms with Crippen molar-refractivity contribution >= 4 is 5.91 Å². The highest BCUT2D eigenvalue weighted by Gasteiger charge is 2.20. The molecule has 0 heterocycles. The Morgan fingerprint density at radius 1 is 1.47 bits per heavy atom. The normalized spacial score (nSPS) is 12.3. The van der Waals surface area contributed by atoms with Gasteiger partial charge in [0, 0.05) is 5.56 Å². The summed E-state index contributed by atoms with van der Waals surface area (Å²) in [4.78, 5) is 11.2. The number of nitrogens with two attached hydrogens (primary N) is 1. The van der Waals surface area contributed by atoms with Crippen molar-refractivity contribution < 1.29 is 15.0 Å². The molecule has 1 atom stereocenters. The standard InChI is InChI=1S/C11H15NO3/c1-2-3-8(11(12)15)9-6-7(13)4-5-10(9)14/h4-6,8,13-14H,2-3H2,1H3,(H2,12,15). The maximum atomic E-state index is 11.2. The van der Waals surface area contributed by atoms with Crippen LogP contribution in [0.25, 0.3) is 0 Å². The number of aromatic hydroxyl groups is 2. The molecule has 0 spiro atoms. The number of phenols is 2. The highest BCUT2D eigenvalue weighted by Crippen LogP contribution is 2.31. The van der Waals surface area contributed by atoms with Crippen molar-refractivity contribution in [1.82, 2.24) is 0 Å². The van der Waals surface area contributed by atoms with E-state index in [0.717, 1.165) is 6.42 Å². The molecule has 1 unspecified atom stereocenters. The van der Waals surface area contributed by atoms with Crippen LogP contribution >= 0.6 is 0 Å². The van der Waals surface area contributed by atoms with Crippen LogP contribution in [0.1, 0.15) is 31.2 Å². The lowest BCUT2D eigenvalue weighted by Gasteiger charge is -2.14. The van der Waals surface area contributed by atoms with Gasteiger partial charge in [-0.25, -0.2) is 0 Å². The predicted octanol–water partition coefficient (Wildman–Crippen LogP) is 1.47. The molecule has 1 rings (SSSR count). The summed E-state index contributed by atoms with van der Waals surface area (Å²) < 4.78 is 0. The van der Waals surface area contributed by atoms with E-state index in [4.69, 9.17) is 5.73 Å². The quantitative estimate of drug-likeness (QED) is 0.656. The number of hydrogen-bond acceptors (Lipinski definition) is 3. The first-order valence-electron chi connectivity index (χ1n) is 4.87. The molecule has 0 aliphatic rings. The van der Waals surface area contributed by atoms with Gasteiger partial charge in [0.1, 0.15) is 11.5 Å². The van der Waals surface area contributed by atoms with Gasteiger partial charge in [0.15, 0.2) is 0 Å². The number of phenolic OH excluding ortho intramolecular Hbond substituents is 2. The Hall–Kier alpha value is -1.71. The van der Waals surface area contributed by atoms with Crippen LogP contribution in [0.15, 0.2) is 18.2 Å². The van der Waals surface area contributed by atoms with Gasteiger partial charge in [-0.05, 0) is 24.6 Å². The fraction of sp³-hybridized carbons (Fsp3) is 0.364. The third-order valence-corrected chi connectivity index (χ3v) is 2.31. The largest absolute Gasteiger partial charge is 0.508 e. The summed E-state index contributed by atoms with van der Waals surface area (Å²) in [7, 11) is 0. The lowest BCUT2D eigenvalue weighted by molar-refractivity contribution is -0.119. The number of amides is 1. The van der Waals surface area contributed by atoms with Crippen LogP contribution < -0.4 is 5.73 Å². The third-order valence-electron chi connectivity index (χ3n) is 2.31. The molecule has 82 valence electrons. The Kier molecular flexibility index (Phi) is 3.55. The van der Waals surface area contributed by atoms with Gasteiger partial charge in [-0.2, -0.15) is 0 Å². The van der Waals surface area contributed by atoms with Crippen LogP contribution in [-0.4, -0.2) is 16.1 Å². The molecule has 0 fully saturated rings. The van der Waals surface area contributed by atoms with Crippen LogP contribution in [-0.2, 0) is 4.79 Å². The van der Waals surface area contributed by atoms with Crippen molar-refractivity contribution in [3.05, 3.63) is 23.8 Å². The number of carbonyl (C=O) groups excluding carboxylic acids is 1. The van der Waals surface area contributed by atoms with Gasteiger partial charge in [0.2, 0.25) is 5.91 Å². The van der Waals surface area contributed by atoms with Gasteiger partial charge >= 0.3 is 0 Å². The monoisotopic (exact) mass is 209 g/mol. The Morgan fingerprint density at radius 2 is 2.13 bits per heavy atom. The van der Waals surface area contributed by atoms with E-state index < -0.39 is 11.8 Å². The summed E-state index contributed by atoms with van der Waals surface area (Å²) in [5.74, 6) is -1.02. The Labute approximate surface area is 88.3 Å². The van der Waals surface area contributed by atoms with E-state index in [1.54, 1.807) is 0 Å². The van der Waals surface area contributed by atoms with Crippen LogP contribution in [0.4, 0.5) is 0 Å². The van der Waals surface area contributed by atoms with Crippen LogP contribution in [0.2, 0.25) is 0 Å². The summed E-state index contributed by atoms with van der Waals surface area (Å²) in [5.41, 5.74) is 5.64. The van der Waals surface area contributed by atoms with Crippen LogP contribution in [0.5, 0.6) is 11.5 Å². The van der Waals surface area contributed by atoms with Gasteiger partial charge in [-0.3, -0.25) is 4.79 Å². The minimum atomic E-state index is -0.540. The minimum Gasteiger partial charge on any atom is -0.508 e. The van der Waals surface area contributed by atoms with Crippen LogP contribution in [0, 0.1) is 0 Å². The van der Waals surface area contributed by atoms with Crippen molar-refractivity contribution in [2.75, 3.05) is 0 Å². The maximum absolute atomic E-state index is 11.2. The van der Waals surface area contributed by atoms with Gasteiger partial charge in [-0.1, -0.05) is 13.3 Å². The van der Waals surface area contributed by atoms with Crippen molar-refractivity contribution in [2.24, 2.45) is 5.73 Å². The second kappa shape index (κ2) is 4.68. The molecule has 4 nitrogen and oxygen atoms in total. The average Bonchev–Trinajstić information content (AvgIpc) is 2.18. The highest BCUT2D eigenvalue weighted by molar-refractivity contribution is 5.82. The second-order valence-electron chi connectivity index (χ2n) is 3.49. The molecular formula is C11H15NO3. The summed E-state index contributed by atoms with van der Waals surface area (Å²) in [6, 6.07) is 4.10. The summed E-state index contributed by atoms with van der Waals surface area (Å²) in [6.07, 6.45) is 1.34. The maximum Gasteiger partial charge on any atom is 0.225 e. The first-order chi connectivity index (χ1) is 7.06. The van der Waals surface area contributed by atoms with E-state index in [9.17, 15) is 15.0 Å². The number of hydrogen-bond donors (Lipinski definition) is 3. The molecule has 0 radical (unpaired) electrons. The number of carbonyl (C=O) groups is 1. The molecule has 1 aromatic rings. The molecule has 1 aromatic carbocycles. The molecule has 0 saturated carbocycles. The number of primary amides is 1. The smallest absolute Gasteiger partial charge is 0.225 e. The molecule has 4 N–H and O–H groups in total. The third kappa shape index (κ3) is 2.62. The molecule has 15 heavy (non-hydrogen) atoms. The zero-order chi connectivity index (χ0) is 11.4. The van der Waals surface area contributed by atoms with E-state index in [2.05, 4.69) is 0 Å². The summed E-state index contributed by atoms with van der Waals surface area (Å²) >= 11 is 0. The van der Waals surface area contributed by atoms with Crippen molar-refractivity contribution in [2.45, 2.75) is 25.7 Å². The topological polar surface area (TPSA) is 83.6 Å². The molecular weight excluding hydrogens is 194 g/mol. The first-order valence-corrected chi connectivity index (χ1v) is 4.87. The Balaban J connectivity index is 3.09. The zero-order valence-electron chi connectivity index (χ0n) is 8.60. The van der Waals surface area contributed by atoms with E-state index in [-0.39, 0.29) is 11.5 Å². The van der Waals surface area contributed by atoms with Crippen molar-refractivity contribution in [1.29, 1.82) is 0 Å². The molecule has 0 bridgehead atoms. The Bertz CT molecular complexity index is 363. The molecule has 0 aliphatic heterocycles. The molecule has 0 aromatic heterocycles. The highest BCUT2D eigenvalue weighted by atomic mass is 16.3. The average molecular weight is 209 g/mol. The van der Waals surface area contributed by atoms with Crippen molar-refractivity contribution in [3.63, 3.8) is 0 Å². The predicted molar refractivity (Wildman–Crippen MR) is 56.6 cm³/mol. The van der Waals surface area contributed by atoms with E-state index in [1.807, 2.05) is 6.92 Å². The Morgan fingerprint density at radius 3 is 2.67 bits per heavy atom. The minimum absolute atomic E-state index is 0.00921. The first kappa shape index (κ1) is 11.4. The molecule has 0 aliphatic carbocycles. The van der Waals surface area contributed by atoms with Gasteiger partial charge < -0.3 is 15.9 Å². The van der Waals surface area contributed by atoms with Crippen LogP contribution in [0.3, 0.4) is 0 Å². The number of benzene rings is 1. The van der Waals surface area contributed by atoms with E-state index >= 15 is 0 Å². The lowest BCUT2D eigenvalue weighted by Crippen LogP contribution is -2.21. The van der Waals surface area contributed by atoms with Gasteiger partial charge in [0.25, 0.3) is 0 Å². The fourth-order valence-corrected chi connectivity index (χ4v) is 1.56. The van der Waals surface area contributed by atoms with E-state index in [0.29, 0.717) is 12.0 Å². The summed E-state index contributed by atoms with van der Waals surface area (Å²) in [5, 5.41) is 18.8. The lowest BCUT2D eigenvalue weighted by atomic mass is 9.93. The molecule has 1 amide bonds. The second-order valence-corrected chi connectivity index (χ2v) is 3.49. The zero-order valence-corrected chi connectivity index (χ0v) is 8.60. The van der Waals surface area contributed by atoms with Gasteiger partial charge in [-0.15, -0.1) is 0 Å². The molecule has 0 saturated heterocycles. The van der Waals surface area contributed by atoms with E-state index in [1.165, 1.54) is 18.2 Å². The van der Waals surface area contributed by atoms with Gasteiger partial charge in [0.05, 0.1) is 5.92 Å².